The molecule has 0 atom stereocenters. The Hall–Kier alpha value is -2.14. The Balaban J connectivity index is 2.14. The van der Waals surface area contributed by atoms with Gasteiger partial charge >= 0.3 is 5.97 Å². The summed E-state index contributed by atoms with van der Waals surface area (Å²) in [4.78, 5) is 25.7. The highest BCUT2D eigenvalue weighted by atomic mass is 32.1. The number of thiophene rings is 1. The van der Waals surface area contributed by atoms with Crippen molar-refractivity contribution in [2.75, 3.05) is 7.05 Å². The first kappa shape index (κ1) is 13.3. The molecule has 1 aromatic carbocycles. The van der Waals surface area contributed by atoms with Crippen molar-refractivity contribution in [3.05, 3.63) is 57.8 Å². The zero-order valence-electron chi connectivity index (χ0n) is 10.4. The van der Waals surface area contributed by atoms with Crippen LogP contribution in [0, 0.1) is 0 Å². The van der Waals surface area contributed by atoms with Gasteiger partial charge in [-0.1, -0.05) is 12.1 Å². The first-order valence-corrected chi connectivity index (χ1v) is 6.57. The highest BCUT2D eigenvalue weighted by Crippen LogP contribution is 2.14. The summed E-state index contributed by atoms with van der Waals surface area (Å²) in [7, 11) is 1.70. The van der Waals surface area contributed by atoms with Gasteiger partial charge in [-0.3, -0.25) is 4.79 Å². The Morgan fingerprint density at radius 3 is 2.58 bits per heavy atom. The van der Waals surface area contributed by atoms with E-state index in [2.05, 4.69) is 0 Å². The Bertz CT molecular complexity index is 592. The third kappa shape index (κ3) is 3.20. The minimum Gasteiger partial charge on any atom is -0.478 e. The number of carbonyl (C=O) groups is 2. The number of carboxylic acid groups (broad SMARTS) is 1. The number of hydrogen-bond donors (Lipinski definition) is 1. The van der Waals surface area contributed by atoms with Gasteiger partial charge in [-0.15, -0.1) is 11.3 Å². The predicted molar refractivity (Wildman–Crippen MR) is 73.5 cm³/mol. The second-order valence-electron chi connectivity index (χ2n) is 4.13. The van der Waals surface area contributed by atoms with E-state index in [0.29, 0.717) is 12.1 Å². The molecule has 0 radical (unpaired) electrons. The van der Waals surface area contributed by atoms with Crippen molar-refractivity contribution in [1.82, 2.24) is 4.90 Å². The van der Waals surface area contributed by atoms with Crippen molar-refractivity contribution in [1.29, 1.82) is 0 Å². The topological polar surface area (TPSA) is 57.6 Å². The second kappa shape index (κ2) is 5.67. The van der Waals surface area contributed by atoms with Crippen molar-refractivity contribution in [3.63, 3.8) is 0 Å². The van der Waals surface area contributed by atoms with Crippen molar-refractivity contribution in [2.24, 2.45) is 0 Å². The monoisotopic (exact) mass is 275 g/mol. The number of nitrogens with zero attached hydrogens (tertiary/aromatic N) is 1. The van der Waals surface area contributed by atoms with Crippen LogP contribution in [0.25, 0.3) is 0 Å². The number of carboxylic acids is 1. The van der Waals surface area contributed by atoms with Gasteiger partial charge < -0.3 is 10.0 Å². The number of benzene rings is 1. The molecule has 4 nitrogen and oxygen atoms in total. The summed E-state index contributed by atoms with van der Waals surface area (Å²) in [5.41, 5.74) is 0.509. The Morgan fingerprint density at radius 1 is 1.21 bits per heavy atom. The number of rotatable bonds is 4. The molecule has 98 valence electrons. The molecule has 0 fully saturated rings. The highest BCUT2D eigenvalue weighted by Gasteiger charge is 2.14. The molecule has 2 aromatic rings. The van der Waals surface area contributed by atoms with E-state index < -0.39 is 5.97 Å². The summed E-state index contributed by atoms with van der Waals surface area (Å²) >= 11 is 1.58. The molecule has 0 saturated heterocycles. The molecule has 0 aliphatic rings. The van der Waals surface area contributed by atoms with Gasteiger partial charge in [0, 0.05) is 17.5 Å². The van der Waals surface area contributed by atoms with Crippen LogP contribution in [0.2, 0.25) is 0 Å². The van der Waals surface area contributed by atoms with Crippen LogP contribution >= 0.6 is 11.3 Å². The van der Waals surface area contributed by atoms with Gasteiger partial charge in [0.25, 0.3) is 5.91 Å². The smallest absolute Gasteiger partial charge is 0.335 e. The molecule has 0 spiro atoms. The van der Waals surface area contributed by atoms with E-state index in [4.69, 9.17) is 5.11 Å². The van der Waals surface area contributed by atoms with E-state index in [9.17, 15) is 9.59 Å². The minimum absolute atomic E-state index is 0.121. The number of amides is 1. The zero-order valence-corrected chi connectivity index (χ0v) is 11.2. The molecule has 1 heterocycles. The predicted octanol–water partition coefficient (Wildman–Crippen LogP) is 2.72. The largest absolute Gasteiger partial charge is 0.478 e. The van der Waals surface area contributed by atoms with Crippen LogP contribution in [-0.4, -0.2) is 28.9 Å². The molecular weight excluding hydrogens is 262 g/mol. The van der Waals surface area contributed by atoms with E-state index in [0.717, 1.165) is 4.88 Å². The van der Waals surface area contributed by atoms with E-state index in [1.807, 2.05) is 17.5 Å². The maximum atomic E-state index is 12.2. The van der Waals surface area contributed by atoms with Gasteiger partial charge in [-0.05, 0) is 29.6 Å². The molecule has 5 heteroatoms. The zero-order chi connectivity index (χ0) is 13.8. The van der Waals surface area contributed by atoms with Gasteiger partial charge in [0.1, 0.15) is 0 Å². The first-order valence-electron chi connectivity index (χ1n) is 5.69. The second-order valence-corrected chi connectivity index (χ2v) is 5.16. The lowest BCUT2D eigenvalue weighted by molar-refractivity contribution is 0.0697. The molecule has 1 amide bonds. The molecule has 1 N–H and O–H groups in total. The Labute approximate surface area is 114 Å². The van der Waals surface area contributed by atoms with E-state index >= 15 is 0 Å². The van der Waals surface area contributed by atoms with Gasteiger partial charge in [0.2, 0.25) is 0 Å². The Morgan fingerprint density at radius 2 is 1.95 bits per heavy atom. The SMILES string of the molecule is CN(Cc1cccs1)C(=O)c1cccc(C(=O)O)c1. The number of carbonyl (C=O) groups excluding carboxylic acids is 1. The van der Waals surface area contributed by atoms with E-state index in [1.54, 1.807) is 35.4 Å². The lowest BCUT2D eigenvalue weighted by Crippen LogP contribution is -2.26. The number of aromatic carboxylic acids is 1. The molecule has 1 aromatic heterocycles. The van der Waals surface area contributed by atoms with Crippen LogP contribution < -0.4 is 0 Å². The van der Waals surface area contributed by atoms with E-state index in [-0.39, 0.29) is 11.5 Å². The molecule has 0 saturated carbocycles. The molecule has 0 unspecified atom stereocenters. The average Bonchev–Trinajstić information content (AvgIpc) is 2.90. The lowest BCUT2D eigenvalue weighted by atomic mass is 10.1. The Kier molecular flexibility index (Phi) is 3.97. The van der Waals surface area contributed by atoms with Crippen LogP contribution in [-0.2, 0) is 6.54 Å². The van der Waals surface area contributed by atoms with Crippen molar-refractivity contribution in [3.8, 4) is 0 Å². The van der Waals surface area contributed by atoms with Gasteiger partial charge in [0.15, 0.2) is 0 Å². The quantitative estimate of drug-likeness (QED) is 0.933. The summed E-state index contributed by atoms with van der Waals surface area (Å²) in [6, 6.07) is 9.97. The maximum Gasteiger partial charge on any atom is 0.335 e. The molecule has 0 aliphatic heterocycles. The third-order valence-corrected chi connectivity index (χ3v) is 3.54. The lowest BCUT2D eigenvalue weighted by Gasteiger charge is -2.16. The van der Waals surface area contributed by atoms with Crippen LogP contribution in [0.15, 0.2) is 41.8 Å². The molecule has 0 aliphatic carbocycles. The fourth-order valence-corrected chi connectivity index (χ4v) is 2.47. The fraction of sp³-hybridized carbons (Fsp3) is 0.143. The fourth-order valence-electron chi connectivity index (χ4n) is 1.71. The molecule has 19 heavy (non-hydrogen) atoms. The van der Waals surface area contributed by atoms with Gasteiger partial charge in [-0.2, -0.15) is 0 Å². The van der Waals surface area contributed by atoms with Crippen LogP contribution in [0.1, 0.15) is 25.6 Å². The van der Waals surface area contributed by atoms with Crippen molar-refractivity contribution in [2.45, 2.75) is 6.54 Å². The summed E-state index contributed by atoms with van der Waals surface area (Å²) in [6.45, 7) is 0.522. The van der Waals surface area contributed by atoms with Gasteiger partial charge in [-0.25, -0.2) is 4.79 Å². The molecular formula is C14H13NO3S. The van der Waals surface area contributed by atoms with E-state index in [1.165, 1.54) is 12.1 Å². The summed E-state index contributed by atoms with van der Waals surface area (Å²) in [6.07, 6.45) is 0. The highest BCUT2D eigenvalue weighted by molar-refractivity contribution is 7.09. The minimum atomic E-state index is -1.03. The molecule has 0 bridgehead atoms. The van der Waals surface area contributed by atoms with Gasteiger partial charge in [0.05, 0.1) is 12.1 Å². The summed E-state index contributed by atoms with van der Waals surface area (Å²) < 4.78 is 0. The normalized spacial score (nSPS) is 10.2. The third-order valence-electron chi connectivity index (χ3n) is 2.68. The average molecular weight is 275 g/mol. The number of hydrogen-bond acceptors (Lipinski definition) is 3. The maximum absolute atomic E-state index is 12.2. The van der Waals surface area contributed by atoms with Crippen molar-refractivity contribution < 1.29 is 14.7 Å². The standard InChI is InChI=1S/C14H13NO3S/c1-15(9-12-6-3-7-19-12)13(16)10-4-2-5-11(8-10)14(17)18/h2-8H,9H2,1H3,(H,17,18). The molecule has 2 rings (SSSR count). The van der Waals surface area contributed by atoms with Crippen molar-refractivity contribution >= 4 is 23.2 Å². The first-order chi connectivity index (χ1) is 9.08. The van der Waals surface area contributed by atoms with Crippen LogP contribution in [0.5, 0.6) is 0 Å². The summed E-state index contributed by atoms with van der Waals surface area (Å²) in [5.74, 6) is -1.22. The van der Waals surface area contributed by atoms with Crippen LogP contribution in [0.3, 0.4) is 0 Å². The van der Waals surface area contributed by atoms with Crippen LogP contribution in [0.4, 0.5) is 0 Å². The summed E-state index contributed by atoms with van der Waals surface area (Å²) in [5, 5.41) is 10.9.